The van der Waals surface area contributed by atoms with Gasteiger partial charge in [0.15, 0.2) is 0 Å². The molecule has 0 bridgehead atoms. The van der Waals surface area contributed by atoms with E-state index in [9.17, 15) is 9.59 Å². The first-order valence-electron chi connectivity index (χ1n) is 7.32. The summed E-state index contributed by atoms with van der Waals surface area (Å²) in [6.07, 6.45) is 4.03. The van der Waals surface area contributed by atoms with E-state index >= 15 is 0 Å². The molecular weight excluding hydrogens is 242 g/mol. The van der Waals surface area contributed by atoms with E-state index in [2.05, 4.69) is 18.7 Å². The minimum atomic E-state index is -0.271. The first-order chi connectivity index (χ1) is 8.93. The summed E-state index contributed by atoms with van der Waals surface area (Å²) in [5, 5.41) is 0. The van der Waals surface area contributed by atoms with Crippen molar-refractivity contribution in [3.63, 3.8) is 0 Å². The molecular formula is C15H27NO3. The number of carbonyl (C=O) groups excluding carboxylic acids is 2. The molecule has 1 fully saturated rings. The van der Waals surface area contributed by atoms with Crippen LogP contribution in [0.5, 0.6) is 0 Å². The number of likely N-dealkylation sites (tertiary alicyclic amines) is 1. The van der Waals surface area contributed by atoms with Crippen LogP contribution >= 0.6 is 0 Å². The Morgan fingerprint density at radius 3 is 2.58 bits per heavy atom. The molecule has 0 amide bonds. The summed E-state index contributed by atoms with van der Waals surface area (Å²) < 4.78 is 4.82. The summed E-state index contributed by atoms with van der Waals surface area (Å²) in [6, 6.07) is 0. The maximum Gasteiger partial charge on any atom is 0.306 e. The van der Waals surface area contributed by atoms with E-state index in [1.165, 1.54) is 6.42 Å². The zero-order valence-corrected chi connectivity index (χ0v) is 12.5. The van der Waals surface area contributed by atoms with Gasteiger partial charge in [-0.1, -0.05) is 13.8 Å². The number of esters is 1. The number of nitrogens with zero attached hydrogens (tertiary/aromatic N) is 1. The quantitative estimate of drug-likeness (QED) is 0.695. The average molecular weight is 269 g/mol. The van der Waals surface area contributed by atoms with E-state index in [0.717, 1.165) is 25.9 Å². The molecule has 0 aromatic heterocycles. The normalized spacial score (nSPS) is 19.7. The van der Waals surface area contributed by atoms with Crippen LogP contribution in [0, 0.1) is 5.41 Å². The molecule has 0 atom stereocenters. The fraction of sp³-hybridized carbons (Fsp3) is 0.867. The van der Waals surface area contributed by atoms with Crippen molar-refractivity contribution in [1.82, 2.24) is 4.90 Å². The minimum absolute atomic E-state index is 0.146. The summed E-state index contributed by atoms with van der Waals surface area (Å²) in [4.78, 5) is 25.3. The van der Waals surface area contributed by atoms with Crippen LogP contribution in [0.3, 0.4) is 0 Å². The Labute approximate surface area is 116 Å². The van der Waals surface area contributed by atoms with Gasteiger partial charge in [-0.3, -0.25) is 14.5 Å². The molecule has 0 aromatic carbocycles. The van der Waals surface area contributed by atoms with Crippen molar-refractivity contribution in [2.45, 2.75) is 52.9 Å². The summed E-state index contributed by atoms with van der Waals surface area (Å²) in [7, 11) is 0. The van der Waals surface area contributed by atoms with Gasteiger partial charge < -0.3 is 4.74 Å². The number of hydrogen-bond donors (Lipinski definition) is 0. The standard InChI is InChI=1S/C15H27NO3/c1-4-19-14(18)7-6-13(17)12-16-10-5-8-15(2,3)9-11-16/h4-12H2,1-3H3. The first-order valence-corrected chi connectivity index (χ1v) is 7.32. The lowest BCUT2D eigenvalue weighted by atomic mass is 9.85. The van der Waals surface area contributed by atoms with Gasteiger partial charge in [-0.25, -0.2) is 0 Å². The summed E-state index contributed by atoms with van der Waals surface area (Å²) in [5.74, 6) is -0.124. The highest BCUT2D eigenvalue weighted by atomic mass is 16.5. The van der Waals surface area contributed by atoms with Crippen LogP contribution in [0.4, 0.5) is 0 Å². The Morgan fingerprint density at radius 1 is 1.16 bits per heavy atom. The molecule has 1 saturated heterocycles. The SMILES string of the molecule is CCOC(=O)CCC(=O)CN1CCCC(C)(C)CC1. The van der Waals surface area contributed by atoms with Gasteiger partial charge in [0.25, 0.3) is 0 Å². The van der Waals surface area contributed by atoms with Gasteiger partial charge in [0.1, 0.15) is 5.78 Å². The van der Waals surface area contributed by atoms with Crippen LogP contribution in [0.25, 0.3) is 0 Å². The van der Waals surface area contributed by atoms with Gasteiger partial charge in [-0.15, -0.1) is 0 Å². The van der Waals surface area contributed by atoms with Crippen molar-refractivity contribution in [1.29, 1.82) is 0 Å². The van der Waals surface area contributed by atoms with Crippen LogP contribution in [0.15, 0.2) is 0 Å². The van der Waals surface area contributed by atoms with E-state index < -0.39 is 0 Å². The van der Waals surface area contributed by atoms with E-state index in [4.69, 9.17) is 4.74 Å². The van der Waals surface area contributed by atoms with Crippen LogP contribution in [-0.4, -0.2) is 42.9 Å². The van der Waals surface area contributed by atoms with E-state index in [-0.39, 0.29) is 18.2 Å². The van der Waals surface area contributed by atoms with Gasteiger partial charge in [0.2, 0.25) is 0 Å². The number of Topliss-reactive ketones (excluding diaryl/α,β-unsaturated/α-hetero) is 1. The fourth-order valence-electron chi connectivity index (χ4n) is 2.44. The molecule has 4 heteroatoms. The third-order valence-corrected chi connectivity index (χ3v) is 3.75. The Hall–Kier alpha value is -0.900. The second-order valence-corrected chi connectivity index (χ2v) is 6.14. The molecule has 0 saturated carbocycles. The summed E-state index contributed by atoms with van der Waals surface area (Å²) in [5.41, 5.74) is 0.392. The van der Waals surface area contributed by atoms with Gasteiger partial charge >= 0.3 is 5.97 Å². The van der Waals surface area contributed by atoms with Crippen LogP contribution in [0.2, 0.25) is 0 Å². The Kier molecular flexibility index (Phi) is 6.49. The zero-order chi connectivity index (χ0) is 14.3. The third-order valence-electron chi connectivity index (χ3n) is 3.75. The number of carbonyl (C=O) groups is 2. The molecule has 1 aliphatic rings. The van der Waals surface area contributed by atoms with E-state index in [1.54, 1.807) is 6.92 Å². The highest BCUT2D eigenvalue weighted by molar-refractivity contribution is 5.84. The van der Waals surface area contributed by atoms with Crippen LogP contribution in [0.1, 0.15) is 52.9 Å². The van der Waals surface area contributed by atoms with E-state index in [1.807, 2.05) is 0 Å². The largest absolute Gasteiger partial charge is 0.466 e. The maximum absolute atomic E-state index is 11.8. The number of hydrogen-bond acceptors (Lipinski definition) is 4. The molecule has 0 aliphatic carbocycles. The second kappa shape index (κ2) is 7.63. The average Bonchev–Trinajstić information content (AvgIpc) is 2.49. The highest BCUT2D eigenvalue weighted by Gasteiger charge is 2.23. The van der Waals surface area contributed by atoms with E-state index in [0.29, 0.717) is 25.0 Å². The lowest BCUT2D eigenvalue weighted by Gasteiger charge is -2.22. The van der Waals surface area contributed by atoms with Crippen molar-refractivity contribution >= 4 is 11.8 Å². The van der Waals surface area contributed by atoms with Gasteiger partial charge in [-0.05, 0) is 44.7 Å². The Balaban J connectivity index is 2.26. The lowest BCUT2D eigenvalue weighted by molar-refractivity contribution is -0.144. The molecule has 4 nitrogen and oxygen atoms in total. The van der Waals surface area contributed by atoms with Gasteiger partial charge in [0, 0.05) is 6.42 Å². The molecule has 0 unspecified atom stereocenters. The monoisotopic (exact) mass is 269 g/mol. The molecule has 1 heterocycles. The summed E-state index contributed by atoms with van der Waals surface area (Å²) in [6.45, 7) is 9.20. The molecule has 0 aromatic rings. The minimum Gasteiger partial charge on any atom is -0.466 e. The number of ether oxygens (including phenoxy) is 1. The van der Waals surface area contributed by atoms with Gasteiger partial charge in [-0.2, -0.15) is 0 Å². The predicted octanol–water partition coefficient (Wildman–Crippen LogP) is 2.41. The molecule has 19 heavy (non-hydrogen) atoms. The Morgan fingerprint density at radius 2 is 1.89 bits per heavy atom. The first kappa shape index (κ1) is 16.2. The van der Waals surface area contributed by atoms with Crippen LogP contribution < -0.4 is 0 Å². The predicted molar refractivity (Wildman–Crippen MR) is 74.9 cm³/mol. The maximum atomic E-state index is 11.8. The highest BCUT2D eigenvalue weighted by Crippen LogP contribution is 2.29. The van der Waals surface area contributed by atoms with Crippen molar-refractivity contribution in [2.75, 3.05) is 26.2 Å². The fourth-order valence-corrected chi connectivity index (χ4v) is 2.44. The van der Waals surface area contributed by atoms with Crippen molar-refractivity contribution in [2.24, 2.45) is 5.41 Å². The smallest absolute Gasteiger partial charge is 0.306 e. The molecule has 110 valence electrons. The Bertz CT molecular complexity index is 313. The number of ketones is 1. The van der Waals surface area contributed by atoms with Crippen molar-refractivity contribution in [3.05, 3.63) is 0 Å². The topological polar surface area (TPSA) is 46.6 Å². The molecule has 0 spiro atoms. The van der Waals surface area contributed by atoms with Crippen molar-refractivity contribution in [3.8, 4) is 0 Å². The van der Waals surface area contributed by atoms with Crippen molar-refractivity contribution < 1.29 is 14.3 Å². The third kappa shape index (κ3) is 6.71. The lowest BCUT2D eigenvalue weighted by Crippen LogP contribution is -2.31. The molecule has 1 aliphatic heterocycles. The molecule has 0 N–H and O–H groups in total. The van der Waals surface area contributed by atoms with Crippen LogP contribution in [-0.2, 0) is 14.3 Å². The zero-order valence-electron chi connectivity index (χ0n) is 12.5. The van der Waals surface area contributed by atoms with Gasteiger partial charge in [0.05, 0.1) is 19.6 Å². The second-order valence-electron chi connectivity index (χ2n) is 6.14. The molecule has 1 rings (SSSR count). The summed E-state index contributed by atoms with van der Waals surface area (Å²) >= 11 is 0. The molecule has 0 radical (unpaired) electrons. The number of rotatable bonds is 6.